The molecule has 0 aliphatic heterocycles. The highest BCUT2D eigenvalue weighted by Crippen LogP contribution is 2.29. The molecule has 3 aromatic rings. The number of nitrogens with zero attached hydrogens (tertiary/aromatic N) is 2. The maximum Gasteiger partial charge on any atom is 0.156 e. The van der Waals surface area contributed by atoms with E-state index in [0.717, 1.165) is 15.4 Å². The van der Waals surface area contributed by atoms with Crippen LogP contribution in [0.4, 0.5) is 0 Å². The van der Waals surface area contributed by atoms with Crippen LogP contribution in [-0.2, 0) is 0 Å². The zero-order valence-corrected chi connectivity index (χ0v) is 10.2. The number of benzene rings is 1. The van der Waals surface area contributed by atoms with E-state index < -0.39 is 6.85 Å². The van der Waals surface area contributed by atoms with Gasteiger partial charge in [-0.25, -0.2) is 9.97 Å². The van der Waals surface area contributed by atoms with Crippen molar-refractivity contribution in [2.45, 2.75) is 6.85 Å². The number of aryl methyl sites for hydroxylation is 1. The molecule has 0 bridgehead atoms. The zero-order chi connectivity index (χ0) is 13.8. The second-order valence-corrected chi connectivity index (χ2v) is 4.65. The molecule has 0 saturated heterocycles. The number of aromatic nitrogens is 3. The predicted octanol–water partition coefficient (Wildman–Crippen LogP) is 3.84. The second-order valence-electron chi connectivity index (χ2n) is 3.38. The van der Waals surface area contributed by atoms with E-state index in [1.54, 1.807) is 0 Å². The molecule has 2 heterocycles. The number of hydrogen-bond donors (Lipinski definition) is 1. The summed E-state index contributed by atoms with van der Waals surface area (Å²) in [4.78, 5) is 11.1. The lowest BCUT2D eigenvalue weighted by molar-refractivity contribution is 1.09. The highest BCUT2D eigenvalue weighted by atomic mass is 79.9. The fraction of sp³-hybridized carbons (Fsp3) is 0.0909. The third-order valence-electron chi connectivity index (χ3n) is 2.36. The molecule has 0 aliphatic carbocycles. The fourth-order valence-corrected chi connectivity index (χ4v) is 2.27. The monoisotopic (exact) mass is 298 g/mol. The Morgan fingerprint density at radius 1 is 1.44 bits per heavy atom. The van der Waals surface area contributed by atoms with E-state index in [0.29, 0.717) is 11.0 Å². The van der Waals surface area contributed by atoms with Crippen molar-refractivity contribution in [1.82, 2.24) is 15.0 Å². The maximum absolute atomic E-state index is 7.38. The summed E-state index contributed by atoms with van der Waals surface area (Å²) >= 11 is 9.41. The summed E-state index contributed by atoms with van der Waals surface area (Å²) in [5.74, 6) is -0.245. The molecule has 3 nitrogen and oxygen atoms in total. The van der Waals surface area contributed by atoms with E-state index in [1.165, 1.54) is 0 Å². The van der Waals surface area contributed by atoms with Crippen molar-refractivity contribution < 1.29 is 4.11 Å². The summed E-state index contributed by atoms with van der Waals surface area (Å²) in [5, 5.41) is 0.919. The second kappa shape index (κ2) is 3.43. The number of fused-ring (bicyclic) bond motifs is 3. The summed E-state index contributed by atoms with van der Waals surface area (Å²) in [7, 11) is 0. The average molecular weight is 300 g/mol. The van der Waals surface area contributed by atoms with E-state index in [9.17, 15) is 0 Å². The molecule has 16 heavy (non-hydrogen) atoms. The molecule has 1 N–H and O–H groups in total. The first-order valence-corrected chi connectivity index (χ1v) is 5.68. The number of halogens is 2. The first kappa shape index (κ1) is 7.25. The number of H-pyrrole nitrogens is 1. The van der Waals surface area contributed by atoms with Crippen molar-refractivity contribution >= 4 is 49.5 Å². The van der Waals surface area contributed by atoms with Crippen LogP contribution in [0.15, 0.2) is 22.7 Å². The Balaban J connectivity index is 2.44. The molecule has 2 aromatic heterocycles. The number of nitrogens with one attached hydrogen (secondary N) is 1. The van der Waals surface area contributed by atoms with Crippen LogP contribution < -0.4 is 0 Å². The molecule has 0 unspecified atom stereocenters. The van der Waals surface area contributed by atoms with Crippen LogP contribution in [0.2, 0.25) is 5.15 Å². The van der Waals surface area contributed by atoms with Gasteiger partial charge < -0.3 is 4.98 Å². The van der Waals surface area contributed by atoms with Gasteiger partial charge in [-0.15, -0.1) is 0 Å². The Morgan fingerprint density at radius 3 is 3.12 bits per heavy atom. The summed E-state index contributed by atoms with van der Waals surface area (Å²) in [5.41, 5.74) is 1.89. The van der Waals surface area contributed by atoms with Gasteiger partial charge in [0.25, 0.3) is 0 Å². The molecule has 0 amide bonds. The molecule has 0 fully saturated rings. The highest BCUT2D eigenvalue weighted by Gasteiger charge is 2.10. The Kier molecular flexibility index (Phi) is 1.55. The van der Waals surface area contributed by atoms with Crippen molar-refractivity contribution in [3.63, 3.8) is 0 Å². The molecule has 0 saturated carbocycles. The SMILES string of the molecule is [2H]C([2H])([2H])c1nc(Cl)c2[nH]c3ccc(Br)cc3c2n1. The van der Waals surface area contributed by atoms with Gasteiger partial charge in [0.05, 0.1) is 0 Å². The number of aromatic amines is 1. The van der Waals surface area contributed by atoms with E-state index in [2.05, 4.69) is 30.9 Å². The highest BCUT2D eigenvalue weighted by molar-refractivity contribution is 9.10. The van der Waals surface area contributed by atoms with Crippen LogP contribution in [0, 0.1) is 6.85 Å². The van der Waals surface area contributed by atoms with Gasteiger partial charge in [0.2, 0.25) is 0 Å². The molecule has 5 heteroatoms. The third-order valence-corrected chi connectivity index (χ3v) is 3.13. The van der Waals surface area contributed by atoms with Gasteiger partial charge in [0.1, 0.15) is 16.9 Å². The summed E-state index contributed by atoms with van der Waals surface area (Å²) in [6.45, 7) is -2.38. The molecule has 0 radical (unpaired) electrons. The Morgan fingerprint density at radius 2 is 2.31 bits per heavy atom. The lowest BCUT2D eigenvalue weighted by atomic mass is 10.2. The van der Waals surface area contributed by atoms with E-state index in [1.807, 2.05) is 18.2 Å². The molecule has 0 aliphatic rings. The Labute approximate surface area is 109 Å². The fourth-order valence-electron chi connectivity index (χ4n) is 1.70. The van der Waals surface area contributed by atoms with Gasteiger partial charge in [0, 0.05) is 19.5 Å². The van der Waals surface area contributed by atoms with Crippen LogP contribution >= 0.6 is 27.5 Å². The topological polar surface area (TPSA) is 41.6 Å². The Hall–Kier alpha value is -1.13. The molecule has 0 spiro atoms. The summed E-state index contributed by atoms with van der Waals surface area (Å²) in [6.07, 6.45) is 0. The van der Waals surface area contributed by atoms with Gasteiger partial charge >= 0.3 is 0 Å². The largest absolute Gasteiger partial charge is 0.351 e. The first-order chi connectivity index (χ1) is 8.86. The van der Waals surface area contributed by atoms with Gasteiger partial charge in [-0.3, -0.25) is 0 Å². The van der Waals surface area contributed by atoms with Gasteiger partial charge in [-0.05, 0) is 25.1 Å². The van der Waals surface area contributed by atoms with Gasteiger partial charge in [-0.1, -0.05) is 27.5 Å². The quantitative estimate of drug-likeness (QED) is 0.641. The minimum absolute atomic E-state index is 0.114. The van der Waals surface area contributed by atoms with Crippen molar-refractivity contribution in [2.75, 3.05) is 0 Å². The smallest absolute Gasteiger partial charge is 0.156 e. The van der Waals surface area contributed by atoms with E-state index in [-0.39, 0.29) is 11.0 Å². The Bertz CT molecular complexity index is 797. The van der Waals surface area contributed by atoms with Crippen molar-refractivity contribution in [2.24, 2.45) is 0 Å². The van der Waals surface area contributed by atoms with E-state index >= 15 is 0 Å². The van der Waals surface area contributed by atoms with Crippen molar-refractivity contribution in [3.05, 3.63) is 33.6 Å². The molecule has 1 aromatic carbocycles. The number of hydrogen-bond acceptors (Lipinski definition) is 2. The summed E-state index contributed by atoms with van der Waals surface area (Å²) in [6, 6.07) is 5.61. The van der Waals surface area contributed by atoms with Crippen LogP contribution in [-0.4, -0.2) is 15.0 Å². The lowest BCUT2D eigenvalue weighted by Gasteiger charge is -1.95. The minimum Gasteiger partial charge on any atom is -0.351 e. The minimum atomic E-state index is -2.38. The summed E-state index contributed by atoms with van der Waals surface area (Å²) < 4.78 is 23.0. The molecular formula is C11H7BrClN3. The third kappa shape index (κ3) is 1.41. The van der Waals surface area contributed by atoms with Crippen LogP contribution in [0.1, 0.15) is 9.94 Å². The van der Waals surface area contributed by atoms with Gasteiger partial charge in [-0.2, -0.15) is 0 Å². The molecule has 0 atom stereocenters. The first-order valence-electron chi connectivity index (χ1n) is 6.01. The maximum atomic E-state index is 7.38. The molecule has 3 rings (SSSR count). The lowest BCUT2D eigenvalue weighted by Crippen LogP contribution is -1.88. The van der Waals surface area contributed by atoms with Gasteiger partial charge in [0.15, 0.2) is 5.15 Å². The average Bonchev–Trinajstić information content (AvgIpc) is 2.67. The van der Waals surface area contributed by atoms with Crippen LogP contribution in [0.25, 0.3) is 21.9 Å². The van der Waals surface area contributed by atoms with Crippen LogP contribution in [0.3, 0.4) is 0 Å². The normalized spacial score (nSPS) is 15.0. The standard InChI is InChI=1S/C11H7BrClN3/c1-5-14-9-7-4-6(12)2-3-8(7)16-10(9)11(13)15-5/h2-4,16H,1H3/i1D3. The number of rotatable bonds is 0. The predicted molar refractivity (Wildman–Crippen MR) is 68.8 cm³/mol. The molecular weight excluding hydrogens is 289 g/mol. The van der Waals surface area contributed by atoms with Crippen molar-refractivity contribution in [3.8, 4) is 0 Å². The van der Waals surface area contributed by atoms with Crippen molar-refractivity contribution in [1.29, 1.82) is 0 Å². The van der Waals surface area contributed by atoms with E-state index in [4.69, 9.17) is 15.7 Å². The van der Waals surface area contributed by atoms with Crippen LogP contribution in [0.5, 0.6) is 0 Å². The zero-order valence-electron chi connectivity index (χ0n) is 10.9. The molecule has 80 valence electrons.